The zero-order valence-corrected chi connectivity index (χ0v) is 27.5. The van der Waals surface area contributed by atoms with Gasteiger partial charge >= 0.3 is 0 Å². The average Bonchev–Trinajstić information content (AvgIpc) is 3.59. The van der Waals surface area contributed by atoms with Crippen LogP contribution in [-0.4, -0.2) is 15.0 Å². The lowest BCUT2D eigenvalue weighted by atomic mass is 9.97. The fourth-order valence-corrected chi connectivity index (χ4v) is 7.14. The van der Waals surface area contributed by atoms with E-state index >= 15 is 0 Å². The number of hydrogen-bond acceptors (Lipinski definition) is 4. The fraction of sp³-hybridized carbons (Fsp3) is 0. The Balaban J connectivity index is 1.13. The molecular weight excluding hydrogens is 623 g/mol. The van der Waals surface area contributed by atoms with Crippen molar-refractivity contribution in [1.82, 2.24) is 15.0 Å². The summed E-state index contributed by atoms with van der Waals surface area (Å²) < 4.78 is 6.22. The van der Waals surface area contributed by atoms with Crippen molar-refractivity contribution in [2.45, 2.75) is 0 Å². The van der Waals surface area contributed by atoms with Crippen LogP contribution in [-0.2, 0) is 0 Å². The van der Waals surface area contributed by atoms with Gasteiger partial charge in [-0.1, -0.05) is 140 Å². The first-order valence-corrected chi connectivity index (χ1v) is 17.1. The molecular formula is C47H29N3O. The van der Waals surface area contributed by atoms with Crippen LogP contribution in [0, 0.1) is 0 Å². The molecule has 51 heavy (non-hydrogen) atoms. The Morgan fingerprint density at radius 2 is 0.784 bits per heavy atom. The summed E-state index contributed by atoms with van der Waals surface area (Å²) in [4.78, 5) is 15.4. The average molecular weight is 652 g/mol. The van der Waals surface area contributed by atoms with Crippen LogP contribution in [0.1, 0.15) is 0 Å². The lowest BCUT2D eigenvalue weighted by molar-refractivity contribution is 0.669. The Hall–Kier alpha value is -6.91. The molecule has 0 bridgehead atoms. The molecule has 0 saturated carbocycles. The first-order chi connectivity index (χ1) is 25.2. The molecule has 0 aliphatic rings. The highest BCUT2D eigenvalue weighted by atomic mass is 16.3. The van der Waals surface area contributed by atoms with Crippen molar-refractivity contribution in [3.8, 4) is 56.4 Å². The Kier molecular flexibility index (Phi) is 6.78. The van der Waals surface area contributed by atoms with Crippen molar-refractivity contribution in [2.24, 2.45) is 0 Å². The van der Waals surface area contributed by atoms with E-state index in [4.69, 9.17) is 19.4 Å². The SMILES string of the molecule is c1cc(-c2ccc3ccccc3c2)cc(-c2nc(-c3cccc(-c4cccc5oc6ccccc6c45)c3)nc(-c3ccc4ccccc4c3)n2)c1. The number of benzene rings is 8. The first kappa shape index (κ1) is 29.0. The van der Waals surface area contributed by atoms with E-state index in [1.54, 1.807) is 0 Å². The molecule has 0 amide bonds. The van der Waals surface area contributed by atoms with Crippen LogP contribution in [0.3, 0.4) is 0 Å². The number of fused-ring (bicyclic) bond motifs is 5. The third-order valence-electron chi connectivity index (χ3n) is 9.68. The van der Waals surface area contributed by atoms with Crippen molar-refractivity contribution >= 4 is 43.5 Å². The Bertz CT molecular complexity index is 2940. The minimum atomic E-state index is 0.616. The highest BCUT2D eigenvalue weighted by molar-refractivity contribution is 6.12. The minimum Gasteiger partial charge on any atom is -0.456 e. The maximum Gasteiger partial charge on any atom is 0.164 e. The quantitative estimate of drug-likeness (QED) is 0.186. The number of para-hydroxylation sites is 1. The second kappa shape index (κ2) is 11.9. The molecule has 10 rings (SSSR count). The Morgan fingerprint density at radius 3 is 1.49 bits per heavy atom. The first-order valence-electron chi connectivity index (χ1n) is 17.1. The summed E-state index contributed by atoms with van der Waals surface area (Å²) in [5, 5.41) is 6.94. The van der Waals surface area contributed by atoms with Crippen molar-refractivity contribution in [2.75, 3.05) is 0 Å². The number of aromatic nitrogens is 3. The van der Waals surface area contributed by atoms with E-state index < -0.39 is 0 Å². The summed E-state index contributed by atoms with van der Waals surface area (Å²) in [7, 11) is 0. The predicted octanol–water partition coefficient (Wildman–Crippen LogP) is 12.4. The van der Waals surface area contributed by atoms with Crippen LogP contribution >= 0.6 is 0 Å². The van der Waals surface area contributed by atoms with Crippen LogP contribution < -0.4 is 0 Å². The number of nitrogens with zero attached hydrogens (tertiary/aromatic N) is 3. The summed E-state index contributed by atoms with van der Waals surface area (Å²) in [6, 6.07) is 61.2. The molecule has 2 aromatic heterocycles. The van der Waals surface area contributed by atoms with E-state index in [2.05, 4.69) is 152 Å². The minimum absolute atomic E-state index is 0.616. The van der Waals surface area contributed by atoms with Gasteiger partial charge in [0.25, 0.3) is 0 Å². The summed E-state index contributed by atoms with van der Waals surface area (Å²) in [6.07, 6.45) is 0. The molecule has 0 unspecified atom stereocenters. The van der Waals surface area contributed by atoms with Gasteiger partial charge in [0.1, 0.15) is 11.2 Å². The maximum atomic E-state index is 6.22. The topological polar surface area (TPSA) is 51.8 Å². The van der Waals surface area contributed by atoms with E-state index in [1.807, 2.05) is 24.3 Å². The smallest absolute Gasteiger partial charge is 0.164 e. The third kappa shape index (κ3) is 5.22. The summed E-state index contributed by atoms with van der Waals surface area (Å²) in [5.74, 6) is 1.87. The lowest BCUT2D eigenvalue weighted by Crippen LogP contribution is -2.00. The van der Waals surface area contributed by atoms with Crippen molar-refractivity contribution < 1.29 is 4.42 Å². The summed E-state index contributed by atoms with van der Waals surface area (Å²) in [5.41, 5.74) is 8.95. The molecule has 10 aromatic rings. The molecule has 2 heterocycles. The Labute approximate surface area is 294 Å². The van der Waals surface area contributed by atoms with Crippen LogP contribution in [0.4, 0.5) is 0 Å². The molecule has 0 aliphatic heterocycles. The van der Waals surface area contributed by atoms with Gasteiger partial charge < -0.3 is 4.42 Å². The molecule has 8 aromatic carbocycles. The van der Waals surface area contributed by atoms with Gasteiger partial charge in [-0.2, -0.15) is 0 Å². The fourth-order valence-electron chi connectivity index (χ4n) is 7.14. The van der Waals surface area contributed by atoms with Crippen LogP contribution in [0.25, 0.3) is 99.9 Å². The lowest BCUT2D eigenvalue weighted by Gasteiger charge is -2.11. The number of furan rings is 1. The van der Waals surface area contributed by atoms with Crippen LogP contribution in [0.2, 0.25) is 0 Å². The van der Waals surface area contributed by atoms with Gasteiger partial charge in [0.2, 0.25) is 0 Å². The third-order valence-corrected chi connectivity index (χ3v) is 9.68. The Morgan fingerprint density at radius 1 is 0.314 bits per heavy atom. The van der Waals surface area contributed by atoms with Crippen molar-refractivity contribution in [3.05, 3.63) is 176 Å². The van der Waals surface area contributed by atoms with Crippen molar-refractivity contribution in [3.63, 3.8) is 0 Å². The van der Waals surface area contributed by atoms with Crippen LogP contribution in [0.15, 0.2) is 180 Å². The van der Waals surface area contributed by atoms with E-state index in [0.29, 0.717) is 17.5 Å². The van der Waals surface area contributed by atoms with Gasteiger partial charge in [-0.05, 0) is 80.2 Å². The molecule has 0 aliphatic carbocycles. The van der Waals surface area contributed by atoms with Crippen molar-refractivity contribution in [1.29, 1.82) is 0 Å². The van der Waals surface area contributed by atoms with E-state index in [0.717, 1.165) is 66.3 Å². The monoisotopic (exact) mass is 651 g/mol. The van der Waals surface area contributed by atoms with E-state index in [9.17, 15) is 0 Å². The van der Waals surface area contributed by atoms with Gasteiger partial charge in [-0.15, -0.1) is 0 Å². The summed E-state index contributed by atoms with van der Waals surface area (Å²) >= 11 is 0. The summed E-state index contributed by atoms with van der Waals surface area (Å²) in [6.45, 7) is 0. The largest absolute Gasteiger partial charge is 0.456 e. The van der Waals surface area contributed by atoms with Gasteiger partial charge in [0, 0.05) is 27.5 Å². The van der Waals surface area contributed by atoms with Gasteiger partial charge in [-0.3, -0.25) is 0 Å². The normalized spacial score (nSPS) is 11.5. The zero-order valence-electron chi connectivity index (χ0n) is 27.5. The van der Waals surface area contributed by atoms with Crippen LogP contribution in [0.5, 0.6) is 0 Å². The number of hydrogen-bond donors (Lipinski definition) is 0. The van der Waals surface area contributed by atoms with Gasteiger partial charge in [-0.25, -0.2) is 15.0 Å². The predicted molar refractivity (Wildman–Crippen MR) is 209 cm³/mol. The molecule has 0 spiro atoms. The standard InChI is InChI=1S/C47H29N3O/c1-3-12-32-26-35(24-22-30(32)10-1)34-14-7-16-37(28-34)45-48-46(50-47(49-45)39-25-23-31-11-2-4-13-33(31)27-39)38-17-8-15-36(29-38)40-19-9-21-43-44(40)41-18-5-6-20-42(41)51-43/h1-29H. The molecule has 0 N–H and O–H groups in total. The second-order valence-corrected chi connectivity index (χ2v) is 12.9. The highest BCUT2D eigenvalue weighted by Crippen LogP contribution is 2.38. The molecule has 4 nitrogen and oxygen atoms in total. The molecule has 0 fully saturated rings. The van der Waals surface area contributed by atoms with Gasteiger partial charge in [0.05, 0.1) is 0 Å². The van der Waals surface area contributed by atoms with E-state index in [-0.39, 0.29) is 0 Å². The molecule has 238 valence electrons. The molecule has 0 radical (unpaired) electrons. The maximum absolute atomic E-state index is 6.22. The van der Waals surface area contributed by atoms with Gasteiger partial charge in [0.15, 0.2) is 17.5 Å². The second-order valence-electron chi connectivity index (χ2n) is 12.9. The van der Waals surface area contributed by atoms with E-state index in [1.165, 1.54) is 16.2 Å². The number of rotatable bonds is 5. The molecule has 0 saturated heterocycles. The molecule has 0 atom stereocenters. The zero-order chi connectivity index (χ0) is 33.7. The molecule has 4 heteroatoms. The highest BCUT2D eigenvalue weighted by Gasteiger charge is 2.16.